The van der Waals surface area contributed by atoms with E-state index in [2.05, 4.69) is 10.4 Å². The number of benzene rings is 2. The summed E-state index contributed by atoms with van der Waals surface area (Å²) in [6.07, 6.45) is 0. The van der Waals surface area contributed by atoms with Gasteiger partial charge in [-0.25, -0.2) is 13.5 Å². The molecule has 0 radical (unpaired) electrons. The van der Waals surface area contributed by atoms with E-state index in [0.29, 0.717) is 16.9 Å². The Kier molecular flexibility index (Phi) is 4.61. The number of hydrogen-bond acceptors (Lipinski definition) is 2. The molecule has 0 spiro atoms. The van der Waals surface area contributed by atoms with Crippen LogP contribution in [0.3, 0.4) is 0 Å². The molecule has 0 aliphatic rings. The fraction of sp³-hybridized carbons (Fsp3) is 0.158. The Bertz CT molecular complexity index is 901. The molecule has 3 rings (SSSR count). The molecule has 25 heavy (non-hydrogen) atoms. The zero-order chi connectivity index (χ0) is 18.0. The van der Waals surface area contributed by atoms with E-state index in [0.717, 1.165) is 0 Å². The van der Waals surface area contributed by atoms with E-state index in [1.54, 1.807) is 18.2 Å². The molecular formula is C19H17F2N3O. The van der Waals surface area contributed by atoms with Gasteiger partial charge in [-0.05, 0) is 56.3 Å². The van der Waals surface area contributed by atoms with Gasteiger partial charge in [0, 0.05) is 11.6 Å². The van der Waals surface area contributed by atoms with Crippen molar-refractivity contribution in [3.05, 3.63) is 71.9 Å². The van der Waals surface area contributed by atoms with Crippen molar-refractivity contribution in [2.45, 2.75) is 19.9 Å². The molecule has 2 aromatic carbocycles. The zero-order valence-electron chi connectivity index (χ0n) is 13.8. The first kappa shape index (κ1) is 16.8. The molecule has 0 atom stereocenters. The molecular weight excluding hydrogens is 324 g/mol. The van der Waals surface area contributed by atoms with Crippen LogP contribution in [0.4, 0.5) is 8.78 Å². The van der Waals surface area contributed by atoms with Crippen LogP contribution in [0.25, 0.3) is 16.9 Å². The van der Waals surface area contributed by atoms with Crippen LogP contribution < -0.4 is 5.32 Å². The van der Waals surface area contributed by atoms with Gasteiger partial charge in [0.25, 0.3) is 5.91 Å². The van der Waals surface area contributed by atoms with Gasteiger partial charge in [-0.2, -0.15) is 5.10 Å². The van der Waals surface area contributed by atoms with Crippen molar-refractivity contribution in [2.75, 3.05) is 0 Å². The second kappa shape index (κ2) is 6.84. The van der Waals surface area contributed by atoms with Crippen molar-refractivity contribution in [3.63, 3.8) is 0 Å². The normalized spacial score (nSPS) is 10.9. The number of carbonyl (C=O) groups is 1. The standard InChI is InChI=1S/C19H17F2N3O/c1-12(2)22-19(25)18-11-17(15-5-3-4-6-16(15)21)23-24(18)14-9-7-13(20)8-10-14/h3-12H,1-2H3,(H,22,25). The molecule has 0 aliphatic carbocycles. The maximum absolute atomic E-state index is 14.1. The van der Waals surface area contributed by atoms with Gasteiger partial charge in [0.15, 0.2) is 0 Å². The van der Waals surface area contributed by atoms with E-state index < -0.39 is 11.6 Å². The van der Waals surface area contributed by atoms with Crippen molar-refractivity contribution in [1.82, 2.24) is 15.1 Å². The van der Waals surface area contributed by atoms with Crippen LogP contribution in [-0.2, 0) is 0 Å². The van der Waals surface area contributed by atoms with Crippen molar-refractivity contribution >= 4 is 5.91 Å². The first-order valence-corrected chi connectivity index (χ1v) is 7.87. The Hall–Kier alpha value is -3.02. The number of hydrogen-bond donors (Lipinski definition) is 1. The molecule has 0 unspecified atom stereocenters. The highest BCUT2D eigenvalue weighted by Gasteiger charge is 2.19. The minimum atomic E-state index is -0.429. The van der Waals surface area contributed by atoms with E-state index in [4.69, 9.17) is 0 Å². The lowest BCUT2D eigenvalue weighted by Gasteiger charge is -2.10. The van der Waals surface area contributed by atoms with Crippen LogP contribution >= 0.6 is 0 Å². The summed E-state index contributed by atoms with van der Waals surface area (Å²) >= 11 is 0. The van der Waals surface area contributed by atoms with Crippen LogP contribution in [0.5, 0.6) is 0 Å². The fourth-order valence-electron chi connectivity index (χ4n) is 2.46. The molecule has 1 amide bonds. The molecule has 1 heterocycles. The predicted molar refractivity (Wildman–Crippen MR) is 91.5 cm³/mol. The third-order valence-corrected chi connectivity index (χ3v) is 3.58. The second-order valence-electron chi connectivity index (χ2n) is 5.91. The summed E-state index contributed by atoms with van der Waals surface area (Å²) in [7, 11) is 0. The number of amides is 1. The molecule has 1 N–H and O–H groups in total. The number of carbonyl (C=O) groups excluding carboxylic acids is 1. The lowest BCUT2D eigenvalue weighted by molar-refractivity contribution is 0.0935. The van der Waals surface area contributed by atoms with E-state index in [1.807, 2.05) is 13.8 Å². The van der Waals surface area contributed by atoms with Crippen molar-refractivity contribution in [1.29, 1.82) is 0 Å². The monoisotopic (exact) mass is 341 g/mol. The Labute approximate surface area is 144 Å². The quantitative estimate of drug-likeness (QED) is 0.781. The fourth-order valence-corrected chi connectivity index (χ4v) is 2.46. The summed E-state index contributed by atoms with van der Waals surface area (Å²) in [5, 5.41) is 7.16. The summed E-state index contributed by atoms with van der Waals surface area (Å²) < 4.78 is 28.7. The Morgan fingerprint density at radius 3 is 2.40 bits per heavy atom. The molecule has 0 bridgehead atoms. The van der Waals surface area contributed by atoms with E-state index in [9.17, 15) is 13.6 Å². The maximum Gasteiger partial charge on any atom is 0.270 e. The highest BCUT2D eigenvalue weighted by atomic mass is 19.1. The van der Waals surface area contributed by atoms with Crippen LogP contribution in [-0.4, -0.2) is 21.7 Å². The lowest BCUT2D eigenvalue weighted by Crippen LogP contribution is -2.31. The highest BCUT2D eigenvalue weighted by Crippen LogP contribution is 2.24. The molecule has 128 valence electrons. The largest absolute Gasteiger partial charge is 0.349 e. The SMILES string of the molecule is CC(C)NC(=O)c1cc(-c2ccccc2F)nn1-c1ccc(F)cc1. The van der Waals surface area contributed by atoms with Gasteiger partial charge in [-0.15, -0.1) is 0 Å². The summed E-state index contributed by atoms with van der Waals surface area (Å²) in [6, 6.07) is 13.3. The Morgan fingerprint density at radius 1 is 1.08 bits per heavy atom. The number of rotatable bonds is 4. The van der Waals surface area contributed by atoms with Gasteiger partial charge in [0.05, 0.1) is 11.4 Å². The average molecular weight is 341 g/mol. The van der Waals surface area contributed by atoms with Gasteiger partial charge in [0.1, 0.15) is 17.3 Å². The van der Waals surface area contributed by atoms with E-state index in [1.165, 1.54) is 41.1 Å². The summed E-state index contributed by atoms with van der Waals surface area (Å²) in [4.78, 5) is 12.5. The smallest absolute Gasteiger partial charge is 0.270 e. The average Bonchev–Trinajstić information content (AvgIpc) is 3.00. The third kappa shape index (κ3) is 3.57. The first-order valence-electron chi connectivity index (χ1n) is 7.87. The molecule has 3 aromatic rings. The zero-order valence-corrected chi connectivity index (χ0v) is 13.8. The van der Waals surface area contributed by atoms with Crippen LogP contribution in [0.1, 0.15) is 24.3 Å². The molecule has 4 nitrogen and oxygen atoms in total. The van der Waals surface area contributed by atoms with Gasteiger partial charge in [0.2, 0.25) is 0 Å². The Morgan fingerprint density at radius 2 is 1.76 bits per heavy atom. The van der Waals surface area contributed by atoms with Crippen LogP contribution in [0.15, 0.2) is 54.6 Å². The third-order valence-electron chi connectivity index (χ3n) is 3.58. The molecule has 0 fully saturated rings. The maximum atomic E-state index is 14.1. The summed E-state index contributed by atoms with van der Waals surface area (Å²) in [5.74, 6) is -1.16. The van der Waals surface area contributed by atoms with Crippen LogP contribution in [0, 0.1) is 11.6 Å². The molecule has 0 saturated heterocycles. The van der Waals surface area contributed by atoms with Crippen molar-refractivity contribution in [3.8, 4) is 16.9 Å². The second-order valence-corrected chi connectivity index (χ2v) is 5.91. The number of halogens is 2. The molecule has 6 heteroatoms. The summed E-state index contributed by atoms with van der Waals surface area (Å²) in [6.45, 7) is 3.68. The minimum absolute atomic E-state index is 0.0685. The Balaban J connectivity index is 2.13. The van der Waals surface area contributed by atoms with Crippen molar-refractivity contribution in [2.24, 2.45) is 0 Å². The van der Waals surface area contributed by atoms with Gasteiger partial charge in [-0.3, -0.25) is 4.79 Å². The van der Waals surface area contributed by atoms with Gasteiger partial charge >= 0.3 is 0 Å². The number of nitrogens with zero attached hydrogens (tertiary/aromatic N) is 2. The van der Waals surface area contributed by atoms with Crippen molar-refractivity contribution < 1.29 is 13.6 Å². The lowest BCUT2D eigenvalue weighted by atomic mass is 10.1. The molecule has 0 saturated carbocycles. The van der Waals surface area contributed by atoms with E-state index >= 15 is 0 Å². The molecule has 1 aromatic heterocycles. The van der Waals surface area contributed by atoms with Gasteiger partial charge < -0.3 is 5.32 Å². The summed E-state index contributed by atoms with van der Waals surface area (Å²) in [5.41, 5.74) is 1.38. The highest BCUT2D eigenvalue weighted by molar-refractivity contribution is 5.94. The molecule has 0 aliphatic heterocycles. The number of nitrogens with one attached hydrogen (secondary N) is 1. The predicted octanol–water partition coefficient (Wildman–Crippen LogP) is 3.96. The van der Waals surface area contributed by atoms with E-state index in [-0.39, 0.29) is 17.6 Å². The van der Waals surface area contributed by atoms with Crippen LogP contribution in [0.2, 0.25) is 0 Å². The first-order chi connectivity index (χ1) is 12.0. The topological polar surface area (TPSA) is 46.9 Å². The van der Waals surface area contributed by atoms with Gasteiger partial charge in [-0.1, -0.05) is 12.1 Å². The number of aromatic nitrogens is 2. The minimum Gasteiger partial charge on any atom is -0.349 e.